The molecule has 2 aromatic carbocycles. The van der Waals surface area contributed by atoms with Crippen molar-refractivity contribution in [2.45, 2.75) is 30.6 Å². The summed E-state index contributed by atoms with van der Waals surface area (Å²) in [6, 6.07) is 13.4. The highest BCUT2D eigenvalue weighted by Gasteiger charge is 2.31. The third kappa shape index (κ3) is 1.97. The molecular formula is C17H17NO2S. The van der Waals surface area contributed by atoms with Crippen LogP contribution in [0.4, 0.5) is 5.69 Å². The monoisotopic (exact) mass is 299 g/mol. The number of benzene rings is 2. The summed E-state index contributed by atoms with van der Waals surface area (Å²) in [6.45, 7) is 0.540. The first kappa shape index (κ1) is 12.9. The first-order valence-electron chi connectivity index (χ1n) is 7.39. The second-order valence-corrected chi connectivity index (χ2v) is 7.60. The minimum absolute atomic E-state index is 0.430. The van der Waals surface area contributed by atoms with Crippen molar-refractivity contribution in [3.05, 3.63) is 59.2 Å². The van der Waals surface area contributed by atoms with Crippen LogP contribution in [0.3, 0.4) is 0 Å². The number of nitrogens with zero attached hydrogens (tertiary/aromatic N) is 1. The summed E-state index contributed by atoms with van der Waals surface area (Å²) in [5, 5.41) is 0. The molecule has 0 unspecified atom stereocenters. The number of hydrogen-bond donors (Lipinski definition) is 0. The Kier molecular flexibility index (Phi) is 2.82. The van der Waals surface area contributed by atoms with Gasteiger partial charge in [-0.3, -0.25) is 4.31 Å². The highest BCUT2D eigenvalue weighted by Crippen LogP contribution is 2.34. The van der Waals surface area contributed by atoms with Crippen molar-refractivity contribution in [3.63, 3.8) is 0 Å². The molecule has 0 saturated heterocycles. The smallest absolute Gasteiger partial charge is 0.264 e. The van der Waals surface area contributed by atoms with Gasteiger partial charge < -0.3 is 0 Å². The van der Waals surface area contributed by atoms with Crippen molar-refractivity contribution in [2.24, 2.45) is 0 Å². The molecule has 0 bridgehead atoms. The first-order valence-corrected chi connectivity index (χ1v) is 8.83. The standard InChI is InChI=1S/C17H17NO2S/c19-21(20,16-9-8-13-5-3-6-15(13)12-16)18-11-10-14-4-1-2-7-17(14)18/h1-2,4,7-9,12H,3,5-6,10-11H2. The molecule has 2 aromatic rings. The van der Waals surface area contributed by atoms with E-state index >= 15 is 0 Å². The van der Waals surface area contributed by atoms with Crippen LogP contribution in [-0.2, 0) is 29.3 Å². The maximum atomic E-state index is 12.9. The lowest BCUT2D eigenvalue weighted by atomic mass is 10.1. The number of aryl methyl sites for hydroxylation is 2. The molecule has 3 nitrogen and oxygen atoms in total. The zero-order chi connectivity index (χ0) is 14.4. The zero-order valence-corrected chi connectivity index (χ0v) is 12.6. The van der Waals surface area contributed by atoms with E-state index in [-0.39, 0.29) is 0 Å². The summed E-state index contributed by atoms with van der Waals surface area (Å²) < 4.78 is 27.4. The molecule has 2 aliphatic rings. The molecule has 0 fully saturated rings. The van der Waals surface area contributed by atoms with Gasteiger partial charge in [0.15, 0.2) is 0 Å². The Labute approximate surface area is 125 Å². The van der Waals surface area contributed by atoms with Gasteiger partial charge in [-0.25, -0.2) is 8.42 Å². The van der Waals surface area contributed by atoms with Crippen LogP contribution in [0, 0.1) is 0 Å². The van der Waals surface area contributed by atoms with E-state index in [0.717, 1.165) is 36.9 Å². The van der Waals surface area contributed by atoms with Crippen LogP contribution in [0.25, 0.3) is 0 Å². The molecule has 1 aliphatic heterocycles. The van der Waals surface area contributed by atoms with Gasteiger partial charge in [-0.2, -0.15) is 0 Å². The second kappa shape index (κ2) is 4.60. The molecule has 4 rings (SSSR count). The van der Waals surface area contributed by atoms with E-state index in [0.29, 0.717) is 11.4 Å². The normalized spacial score (nSPS) is 16.9. The average Bonchev–Trinajstić information content (AvgIpc) is 3.13. The molecule has 108 valence electrons. The Morgan fingerprint density at radius 1 is 0.857 bits per heavy atom. The van der Waals surface area contributed by atoms with E-state index in [1.54, 1.807) is 10.4 Å². The minimum atomic E-state index is -3.44. The predicted molar refractivity (Wildman–Crippen MR) is 83.1 cm³/mol. The van der Waals surface area contributed by atoms with Crippen molar-refractivity contribution in [1.82, 2.24) is 0 Å². The van der Waals surface area contributed by atoms with Crippen LogP contribution in [0.2, 0.25) is 0 Å². The van der Waals surface area contributed by atoms with Crippen molar-refractivity contribution < 1.29 is 8.42 Å². The summed E-state index contributed by atoms with van der Waals surface area (Å²) in [6.07, 6.45) is 3.99. The van der Waals surface area contributed by atoms with E-state index < -0.39 is 10.0 Å². The number of rotatable bonds is 2. The van der Waals surface area contributed by atoms with Crippen molar-refractivity contribution in [1.29, 1.82) is 0 Å². The van der Waals surface area contributed by atoms with Crippen LogP contribution in [-0.4, -0.2) is 15.0 Å². The number of sulfonamides is 1. The summed E-state index contributed by atoms with van der Waals surface area (Å²) in [7, 11) is -3.44. The van der Waals surface area contributed by atoms with Gasteiger partial charge in [0.1, 0.15) is 0 Å². The predicted octanol–water partition coefficient (Wildman–Crippen LogP) is 2.93. The van der Waals surface area contributed by atoms with Gasteiger partial charge >= 0.3 is 0 Å². The molecule has 0 spiro atoms. The Hall–Kier alpha value is -1.81. The Balaban J connectivity index is 1.78. The molecule has 21 heavy (non-hydrogen) atoms. The minimum Gasteiger partial charge on any atom is -0.266 e. The van der Waals surface area contributed by atoms with Crippen LogP contribution >= 0.6 is 0 Å². The van der Waals surface area contributed by atoms with Gasteiger partial charge in [-0.1, -0.05) is 24.3 Å². The fourth-order valence-corrected chi connectivity index (χ4v) is 4.95. The highest BCUT2D eigenvalue weighted by atomic mass is 32.2. The van der Waals surface area contributed by atoms with Gasteiger partial charge in [0.25, 0.3) is 10.0 Å². The van der Waals surface area contributed by atoms with E-state index in [2.05, 4.69) is 0 Å². The summed E-state index contributed by atoms with van der Waals surface area (Å²) in [5.41, 5.74) is 4.44. The van der Waals surface area contributed by atoms with E-state index in [1.807, 2.05) is 36.4 Å². The zero-order valence-electron chi connectivity index (χ0n) is 11.7. The summed E-state index contributed by atoms with van der Waals surface area (Å²) in [4.78, 5) is 0.430. The van der Waals surface area contributed by atoms with Crippen LogP contribution in [0.5, 0.6) is 0 Å². The third-order valence-electron chi connectivity index (χ3n) is 4.50. The quantitative estimate of drug-likeness (QED) is 0.855. The van der Waals surface area contributed by atoms with Crippen LogP contribution < -0.4 is 4.31 Å². The van der Waals surface area contributed by atoms with Gasteiger partial charge in [-0.05, 0) is 60.6 Å². The second-order valence-electron chi connectivity index (χ2n) is 5.74. The SMILES string of the molecule is O=S(=O)(c1ccc2c(c1)CCC2)N1CCc2ccccc21. The lowest BCUT2D eigenvalue weighted by molar-refractivity contribution is 0.592. The largest absolute Gasteiger partial charge is 0.266 e. The summed E-state index contributed by atoms with van der Waals surface area (Å²) >= 11 is 0. The average molecular weight is 299 g/mol. The number of fused-ring (bicyclic) bond motifs is 2. The van der Waals surface area contributed by atoms with E-state index in [4.69, 9.17) is 0 Å². The Morgan fingerprint density at radius 3 is 2.57 bits per heavy atom. The molecule has 1 aliphatic carbocycles. The molecule has 0 aromatic heterocycles. The molecule has 1 heterocycles. The number of anilines is 1. The number of para-hydroxylation sites is 1. The molecule has 0 atom stereocenters. The van der Waals surface area contributed by atoms with Crippen LogP contribution in [0.1, 0.15) is 23.1 Å². The maximum absolute atomic E-state index is 12.9. The van der Waals surface area contributed by atoms with Crippen molar-refractivity contribution in [2.75, 3.05) is 10.8 Å². The van der Waals surface area contributed by atoms with Crippen molar-refractivity contribution in [3.8, 4) is 0 Å². The highest BCUT2D eigenvalue weighted by molar-refractivity contribution is 7.92. The topological polar surface area (TPSA) is 37.4 Å². The van der Waals surface area contributed by atoms with Crippen LogP contribution in [0.15, 0.2) is 47.4 Å². The molecule has 4 heteroatoms. The number of hydrogen-bond acceptors (Lipinski definition) is 2. The lowest BCUT2D eigenvalue weighted by Crippen LogP contribution is -2.29. The van der Waals surface area contributed by atoms with Gasteiger partial charge in [-0.15, -0.1) is 0 Å². The van der Waals surface area contributed by atoms with E-state index in [9.17, 15) is 8.42 Å². The molecule has 0 N–H and O–H groups in total. The molecule has 0 amide bonds. The van der Waals surface area contributed by atoms with Gasteiger partial charge in [0.2, 0.25) is 0 Å². The molecular weight excluding hydrogens is 282 g/mol. The lowest BCUT2D eigenvalue weighted by Gasteiger charge is -2.20. The Bertz CT molecular complexity index is 811. The Morgan fingerprint density at radius 2 is 1.67 bits per heavy atom. The first-order chi connectivity index (χ1) is 10.2. The summed E-state index contributed by atoms with van der Waals surface area (Å²) in [5.74, 6) is 0. The van der Waals surface area contributed by atoms with Gasteiger partial charge in [0, 0.05) is 6.54 Å². The third-order valence-corrected chi connectivity index (χ3v) is 6.31. The fraction of sp³-hybridized carbons (Fsp3) is 0.294. The van der Waals surface area contributed by atoms with E-state index in [1.165, 1.54) is 11.1 Å². The maximum Gasteiger partial charge on any atom is 0.264 e. The fourth-order valence-electron chi connectivity index (χ4n) is 3.39. The van der Waals surface area contributed by atoms with Crippen molar-refractivity contribution >= 4 is 15.7 Å². The van der Waals surface area contributed by atoms with Gasteiger partial charge in [0.05, 0.1) is 10.6 Å². The molecule has 0 radical (unpaired) electrons. The molecule has 0 saturated carbocycles.